The van der Waals surface area contributed by atoms with Crippen LogP contribution >= 0.6 is 0 Å². The smallest absolute Gasteiger partial charge is 0.255 e. The Bertz CT molecular complexity index is 1160. The zero-order valence-corrected chi connectivity index (χ0v) is 15.9. The molecule has 6 nitrogen and oxygen atoms in total. The minimum absolute atomic E-state index is 0.0168. The fourth-order valence-corrected chi connectivity index (χ4v) is 3.47. The van der Waals surface area contributed by atoms with Crippen molar-refractivity contribution in [2.45, 2.75) is 12.8 Å². The van der Waals surface area contributed by atoms with E-state index in [1.807, 2.05) is 29.2 Å². The molecule has 1 aromatic heterocycles. The number of para-hydroxylation sites is 1. The zero-order chi connectivity index (χ0) is 20.2. The Morgan fingerprint density at radius 1 is 1.00 bits per heavy atom. The number of aromatic nitrogens is 1. The number of anilines is 1. The molecule has 2 amide bonds. The summed E-state index contributed by atoms with van der Waals surface area (Å²) in [5.41, 5.74) is 1.98. The topological polar surface area (TPSA) is 82.3 Å². The molecule has 0 unspecified atom stereocenters. The number of aromatic amines is 1. The lowest BCUT2D eigenvalue weighted by molar-refractivity contribution is -0.111. The summed E-state index contributed by atoms with van der Waals surface area (Å²) in [6.45, 7) is 1.55. The summed E-state index contributed by atoms with van der Waals surface area (Å²) < 4.78 is 0. The van der Waals surface area contributed by atoms with E-state index in [0.717, 1.165) is 36.8 Å². The van der Waals surface area contributed by atoms with Gasteiger partial charge in [-0.25, -0.2) is 0 Å². The van der Waals surface area contributed by atoms with Gasteiger partial charge in [-0.3, -0.25) is 14.4 Å². The number of nitrogens with one attached hydrogen (secondary N) is 2. The van der Waals surface area contributed by atoms with Gasteiger partial charge in [0.1, 0.15) is 0 Å². The quantitative estimate of drug-likeness (QED) is 0.673. The second-order valence-electron chi connectivity index (χ2n) is 7.04. The van der Waals surface area contributed by atoms with Crippen molar-refractivity contribution in [1.82, 2.24) is 9.88 Å². The minimum atomic E-state index is -0.372. The first-order chi connectivity index (χ1) is 14.1. The number of carbonyl (C=O) groups excluding carboxylic acids is 2. The van der Waals surface area contributed by atoms with E-state index in [2.05, 4.69) is 10.3 Å². The van der Waals surface area contributed by atoms with Crippen molar-refractivity contribution in [2.24, 2.45) is 0 Å². The van der Waals surface area contributed by atoms with Crippen LogP contribution in [0.2, 0.25) is 0 Å². The lowest BCUT2D eigenvalue weighted by Gasteiger charge is -2.15. The van der Waals surface area contributed by atoms with Crippen molar-refractivity contribution in [2.75, 3.05) is 18.4 Å². The number of hydrogen-bond acceptors (Lipinski definition) is 3. The Kier molecular flexibility index (Phi) is 5.24. The number of rotatable bonds is 4. The van der Waals surface area contributed by atoms with Gasteiger partial charge >= 0.3 is 0 Å². The summed E-state index contributed by atoms with van der Waals surface area (Å²) in [5.74, 6) is -0.389. The highest BCUT2D eigenvalue weighted by atomic mass is 16.2. The lowest BCUT2D eigenvalue weighted by Crippen LogP contribution is -2.27. The van der Waals surface area contributed by atoms with Crippen LogP contribution in [-0.4, -0.2) is 34.8 Å². The molecule has 1 aliphatic rings. The zero-order valence-electron chi connectivity index (χ0n) is 15.9. The second kappa shape index (κ2) is 8.14. The van der Waals surface area contributed by atoms with E-state index in [0.29, 0.717) is 16.8 Å². The van der Waals surface area contributed by atoms with Crippen molar-refractivity contribution >= 4 is 34.5 Å². The van der Waals surface area contributed by atoms with Crippen LogP contribution in [0, 0.1) is 0 Å². The van der Waals surface area contributed by atoms with Gasteiger partial charge in [0.2, 0.25) is 5.91 Å². The van der Waals surface area contributed by atoms with Crippen LogP contribution in [0.3, 0.4) is 0 Å². The molecule has 3 aromatic rings. The van der Waals surface area contributed by atoms with Crippen molar-refractivity contribution in [3.8, 4) is 0 Å². The van der Waals surface area contributed by atoms with Gasteiger partial charge in [0.25, 0.3) is 11.5 Å². The Hall–Kier alpha value is -3.67. The van der Waals surface area contributed by atoms with E-state index < -0.39 is 0 Å². The maximum absolute atomic E-state index is 12.5. The maximum atomic E-state index is 12.5. The van der Waals surface area contributed by atoms with E-state index in [1.165, 1.54) is 12.2 Å². The highest BCUT2D eigenvalue weighted by Crippen LogP contribution is 2.16. The van der Waals surface area contributed by atoms with Crippen LogP contribution in [0.1, 0.15) is 28.8 Å². The van der Waals surface area contributed by atoms with Gasteiger partial charge in [-0.2, -0.15) is 0 Å². The number of hydrogen-bond donors (Lipinski definition) is 2. The summed E-state index contributed by atoms with van der Waals surface area (Å²) in [4.78, 5) is 41.6. The third-order valence-electron chi connectivity index (χ3n) is 4.97. The Morgan fingerprint density at radius 2 is 1.79 bits per heavy atom. The highest BCUT2D eigenvalue weighted by Gasteiger charge is 2.19. The fourth-order valence-electron chi connectivity index (χ4n) is 3.47. The van der Waals surface area contributed by atoms with Crippen LogP contribution in [0.15, 0.2) is 65.5 Å². The van der Waals surface area contributed by atoms with E-state index >= 15 is 0 Å². The normalized spacial score (nSPS) is 13.9. The standard InChI is InChI=1S/C23H21N3O3/c27-21(11-10-17-14-16-6-1-2-9-20(16)25-22(17)28)24-19-8-5-7-18(15-19)23(29)26-12-3-4-13-26/h1-2,5-11,14-15H,3-4,12-13H2,(H,24,27)(H,25,28)/b11-10+. The molecule has 29 heavy (non-hydrogen) atoms. The van der Waals surface area contributed by atoms with E-state index in [-0.39, 0.29) is 17.4 Å². The highest BCUT2D eigenvalue weighted by molar-refractivity contribution is 6.03. The van der Waals surface area contributed by atoms with Gasteiger partial charge in [0.15, 0.2) is 0 Å². The molecule has 0 spiro atoms. The Balaban J connectivity index is 1.47. The lowest BCUT2D eigenvalue weighted by atomic mass is 10.1. The van der Waals surface area contributed by atoms with Crippen LogP contribution in [0.5, 0.6) is 0 Å². The number of amides is 2. The van der Waals surface area contributed by atoms with Gasteiger partial charge in [-0.1, -0.05) is 24.3 Å². The maximum Gasteiger partial charge on any atom is 0.255 e. The molecule has 146 valence electrons. The molecule has 1 aliphatic heterocycles. The Morgan fingerprint density at radius 3 is 2.62 bits per heavy atom. The van der Waals surface area contributed by atoms with Crippen molar-refractivity contribution in [1.29, 1.82) is 0 Å². The van der Waals surface area contributed by atoms with Gasteiger partial charge in [-0.15, -0.1) is 0 Å². The first kappa shape index (κ1) is 18.7. The molecule has 0 radical (unpaired) electrons. The molecule has 2 N–H and O–H groups in total. The van der Waals surface area contributed by atoms with Crippen LogP contribution < -0.4 is 10.9 Å². The number of fused-ring (bicyclic) bond motifs is 1. The third-order valence-corrected chi connectivity index (χ3v) is 4.97. The van der Waals surface area contributed by atoms with Gasteiger partial charge < -0.3 is 15.2 Å². The first-order valence-corrected chi connectivity index (χ1v) is 9.61. The largest absolute Gasteiger partial charge is 0.339 e. The van der Waals surface area contributed by atoms with Gasteiger partial charge in [0.05, 0.1) is 0 Å². The third kappa shape index (κ3) is 4.27. The molecule has 0 aliphatic carbocycles. The summed E-state index contributed by atoms with van der Waals surface area (Å²) in [5, 5.41) is 3.64. The second-order valence-corrected chi connectivity index (χ2v) is 7.04. The summed E-state index contributed by atoms with van der Waals surface area (Å²) in [6.07, 6.45) is 4.86. The molecule has 0 saturated carbocycles. The SMILES string of the molecule is O=C(/C=C/c1cc2ccccc2[nH]c1=O)Nc1cccc(C(=O)N2CCCC2)c1. The summed E-state index contributed by atoms with van der Waals surface area (Å²) >= 11 is 0. The average molecular weight is 387 g/mol. The predicted molar refractivity (Wildman–Crippen MR) is 114 cm³/mol. The fraction of sp³-hybridized carbons (Fsp3) is 0.174. The van der Waals surface area contributed by atoms with Crippen LogP contribution in [-0.2, 0) is 4.79 Å². The molecule has 1 saturated heterocycles. The van der Waals surface area contributed by atoms with Crippen molar-refractivity contribution < 1.29 is 9.59 Å². The average Bonchev–Trinajstić information content (AvgIpc) is 3.27. The minimum Gasteiger partial charge on any atom is -0.339 e. The van der Waals surface area contributed by atoms with Crippen molar-refractivity contribution in [3.05, 3.63) is 82.2 Å². The van der Waals surface area contributed by atoms with Gasteiger partial charge in [0, 0.05) is 41.5 Å². The number of H-pyrrole nitrogens is 1. The van der Waals surface area contributed by atoms with E-state index in [4.69, 9.17) is 0 Å². The van der Waals surface area contributed by atoms with Gasteiger partial charge in [-0.05, 0) is 54.6 Å². The molecule has 0 bridgehead atoms. The number of likely N-dealkylation sites (tertiary alicyclic amines) is 1. The number of pyridine rings is 1. The molecule has 4 rings (SSSR count). The molecule has 2 heterocycles. The first-order valence-electron chi connectivity index (χ1n) is 9.61. The molecule has 6 heteroatoms. The van der Waals surface area contributed by atoms with E-state index in [9.17, 15) is 14.4 Å². The monoisotopic (exact) mass is 387 g/mol. The van der Waals surface area contributed by atoms with E-state index in [1.54, 1.807) is 30.3 Å². The number of carbonyl (C=O) groups is 2. The van der Waals surface area contributed by atoms with Crippen LogP contribution in [0.25, 0.3) is 17.0 Å². The predicted octanol–water partition coefficient (Wildman–Crippen LogP) is 3.42. The van der Waals surface area contributed by atoms with Crippen molar-refractivity contribution in [3.63, 3.8) is 0 Å². The van der Waals surface area contributed by atoms with Crippen LogP contribution in [0.4, 0.5) is 5.69 Å². The summed E-state index contributed by atoms with van der Waals surface area (Å²) in [6, 6.07) is 16.1. The number of nitrogens with zero attached hydrogens (tertiary/aromatic N) is 1. The molecule has 2 aromatic carbocycles. The summed E-state index contributed by atoms with van der Waals surface area (Å²) in [7, 11) is 0. The molecular formula is C23H21N3O3. The molecule has 1 fully saturated rings. The Labute approximate surface area is 167 Å². The molecule has 0 atom stereocenters. The number of benzene rings is 2. The molecular weight excluding hydrogens is 366 g/mol.